The Kier molecular flexibility index (Phi) is 7.72. The van der Waals surface area contributed by atoms with Gasteiger partial charge in [0.05, 0.1) is 11.0 Å². The molecule has 3 N–H and O–H groups in total. The Hall–Kier alpha value is -3.19. The summed E-state index contributed by atoms with van der Waals surface area (Å²) >= 11 is 4.29. The Morgan fingerprint density at radius 2 is 1.93 bits per heavy atom. The molecule has 0 aliphatic carbocycles. The van der Waals surface area contributed by atoms with Gasteiger partial charge in [-0.2, -0.15) is 12.6 Å². The third-order valence-corrected chi connectivity index (χ3v) is 4.84. The Balaban J connectivity index is 2.22. The summed E-state index contributed by atoms with van der Waals surface area (Å²) in [6.45, 7) is 1.38. The summed E-state index contributed by atoms with van der Waals surface area (Å²) in [5.41, 5.74) is 0.303. The number of thiol groups is 1. The number of ether oxygens (including phenoxy) is 1. The van der Waals surface area contributed by atoms with E-state index in [1.54, 1.807) is 0 Å². The second-order valence-corrected chi connectivity index (χ2v) is 7.33. The van der Waals surface area contributed by atoms with Gasteiger partial charge in [-0.1, -0.05) is 0 Å². The predicted octanol–water partition coefficient (Wildman–Crippen LogP) is -0.114. The molecule has 1 heterocycles. The zero-order chi connectivity index (χ0) is 22.3. The average Bonchev–Trinajstić information content (AvgIpc) is 3.13. The van der Waals surface area contributed by atoms with Crippen molar-refractivity contribution in [3.8, 4) is 0 Å². The number of non-ortho nitro benzene ring substituents is 1. The van der Waals surface area contributed by atoms with Crippen molar-refractivity contribution >= 4 is 43.1 Å². The normalized spacial score (nSPS) is 18.2. The van der Waals surface area contributed by atoms with Crippen LogP contribution in [-0.4, -0.2) is 58.3 Å². The molecule has 1 aliphatic rings. The van der Waals surface area contributed by atoms with Gasteiger partial charge in [0.1, 0.15) is 6.61 Å². The highest BCUT2D eigenvalue weighted by Gasteiger charge is 2.45. The first-order valence-electron chi connectivity index (χ1n) is 8.80. The van der Waals surface area contributed by atoms with E-state index in [0.717, 1.165) is 0 Å². The van der Waals surface area contributed by atoms with Crippen LogP contribution >= 0.6 is 12.6 Å². The highest BCUT2D eigenvalue weighted by molar-refractivity contribution is 7.81. The largest absolute Gasteiger partial charge is 0.444 e. The standard InChI is InChI=1S/C17H21N5O7S/c1-17(19-9-23,20-10-24)21(15(25)14-6-13(30)7-18-14)16(26)29-8-11-2-4-12(5-3-11)22(27)28/h2-5,9-10,13-14,18,30H,6-8H2,1H3,(H,19,23)(H,20,24)/t13-,14-/m0/s1. The Bertz CT molecular complexity index is 809. The first kappa shape index (κ1) is 23.1. The van der Waals surface area contributed by atoms with Gasteiger partial charge in [0.25, 0.3) is 11.6 Å². The predicted molar refractivity (Wildman–Crippen MR) is 106 cm³/mol. The maximum atomic E-state index is 13.0. The van der Waals surface area contributed by atoms with Gasteiger partial charge in [0, 0.05) is 23.9 Å². The van der Waals surface area contributed by atoms with Gasteiger partial charge in [0.2, 0.25) is 18.6 Å². The van der Waals surface area contributed by atoms with Crippen LogP contribution in [0.4, 0.5) is 10.5 Å². The van der Waals surface area contributed by atoms with Crippen molar-refractivity contribution in [2.75, 3.05) is 6.54 Å². The fourth-order valence-electron chi connectivity index (χ4n) is 2.88. The third-order valence-electron chi connectivity index (χ3n) is 4.45. The molecule has 2 rings (SSSR count). The van der Waals surface area contributed by atoms with Gasteiger partial charge in [-0.3, -0.25) is 24.5 Å². The molecule has 0 aromatic heterocycles. The smallest absolute Gasteiger partial charge is 0.420 e. The number of nitro benzene ring substituents is 1. The number of amides is 4. The summed E-state index contributed by atoms with van der Waals surface area (Å²) in [6.07, 6.45) is -0.353. The zero-order valence-corrected chi connectivity index (χ0v) is 16.8. The molecule has 162 valence electrons. The van der Waals surface area contributed by atoms with Crippen LogP contribution in [0.5, 0.6) is 0 Å². The molecule has 4 amide bonds. The van der Waals surface area contributed by atoms with Crippen LogP contribution in [0, 0.1) is 10.1 Å². The van der Waals surface area contributed by atoms with E-state index in [2.05, 4.69) is 28.6 Å². The third kappa shape index (κ3) is 5.45. The second-order valence-electron chi connectivity index (χ2n) is 6.60. The number of hydrogen-bond acceptors (Lipinski definition) is 9. The Morgan fingerprint density at radius 1 is 1.33 bits per heavy atom. The van der Waals surface area contributed by atoms with Crippen LogP contribution in [0.3, 0.4) is 0 Å². The first-order chi connectivity index (χ1) is 14.2. The lowest BCUT2D eigenvalue weighted by atomic mass is 10.1. The fraction of sp³-hybridized carbons (Fsp3) is 0.412. The minimum atomic E-state index is -1.89. The molecular weight excluding hydrogens is 418 g/mol. The van der Waals surface area contributed by atoms with Crippen LogP contribution in [0.2, 0.25) is 0 Å². The van der Waals surface area contributed by atoms with Crippen LogP contribution < -0.4 is 16.0 Å². The maximum Gasteiger partial charge on any atom is 0.420 e. The van der Waals surface area contributed by atoms with E-state index in [1.807, 2.05) is 0 Å². The molecule has 1 fully saturated rings. The second kappa shape index (κ2) is 10.0. The summed E-state index contributed by atoms with van der Waals surface area (Å²) in [5, 5.41) is 18.0. The van der Waals surface area contributed by atoms with Gasteiger partial charge in [-0.25, -0.2) is 9.69 Å². The summed E-state index contributed by atoms with van der Waals surface area (Å²) < 4.78 is 5.17. The summed E-state index contributed by atoms with van der Waals surface area (Å²) in [6, 6.07) is 4.50. The fourth-order valence-corrected chi connectivity index (χ4v) is 3.19. The van der Waals surface area contributed by atoms with E-state index in [0.29, 0.717) is 23.4 Å². The first-order valence-corrected chi connectivity index (χ1v) is 9.31. The van der Waals surface area contributed by atoms with Crippen molar-refractivity contribution < 1.29 is 28.8 Å². The zero-order valence-electron chi connectivity index (χ0n) is 15.9. The number of carbonyl (C=O) groups is 4. The minimum absolute atomic E-state index is 0.110. The molecule has 1 saturated heterocycles. The molecule has 0 bridgehead atoms. The van der Waals surface area contributed by atoms with Gasteiger partial charge in [0.15, 0.2) is 0 Å². The van der Waals surface area contributed by atoms with E-state index >= 15 is 0 Å². The lowest BCUT2D eigenvalue weighted by Crippen LogP contribution is -2.70. The molecule has 13 heteroatoms. The molecular formula is C17H21N5O7S. The number of imide groups is 1. The Morgan fingerprint density at radius 3 is 2.40 bits per heavy atom. The van der Waals surface area contributed by atoms with Crippen molar-refractivity contribution in [3.05, 3.63) is 39.9 Å². The van der Waals surface area contributed by atoms with Gasteiger partial charge in [-0.05, 0) is 31.0 Å². The minimum Gasteiger partial charge on any atom is -0.444 e. The summed E-state index contributed by atoms with van der Waals surface area (Å²) in [7, 11) is 0. The highest BCUT2D eigenvalue weighted by atomic mass is 32.1. The number of carbonyl (C=O) groups excluding carboxylic acids is 4. The van der Waals surface area contributed by atoms with E-state index in [9.17, 15) is 29.3 Å². The van der Waals surface area contributed by atoms with Crippen LogP contribution in [0.15, 0.2) is 24.3 Å². The number of nitrogens with one attached hydrogen (secondary N) is 3. The SMILES string of the molecule is CC(NC=O)(NC=O)N(C(=O)OCc1ccc([N+](=O)[O-])cc1)C(=O)[C@@H]1C[C@H](S)CN1. The van der Waals surface area contributed by atoms with Gasteiger partial charge in [-0.15, -0.1) is 0 Å². The van der Waals surface area contributed by atoms with E-state index < -0.39 is 28.8 Å². The maximum absolute atomic E-state index is 13.0. The molecule has 30 heavy (non-hydrogen) atoms. The Labute approximate surface area is 176 Å². The quantitative estimate of drug-likeness (QED) is 0.136. The number of hydrogen-bond donors (Lipinski definition) is 4. The molecule has 2 atom stereocenters. The molecule has 1 aromatic rings. The molecule has 1 aromatic carbocycles. The van der Waals surface area contributed by atoms with E-state index in [-0.39, 0.29) is 30.4 Å². The van der Waals surface area contributed by atoms with E-state index in [1.165, 1.54) is 31.2 Å². The van der Waals surface area contributed by atoms with Gasteiger partial charge < -0.3 is 20.7 Å². The van der Waals surface area contributed by atoms with Crippen molar-refractivity contribution in [3.63, 3.8) is 0 Å². The number of nitrogens with zero attached hydrogens (tertiary/aromatic N) is 2. The number of benzene rings is 1. The van der Waals surface area contributed by atoms with Crippen LogP contribution in [0.25, 0.3) is 0 Å². The number of nitro groups is 1. The monoisotopic (exact) mass is 439 g/mol. The molecule has 0 unspecified atom stereocenters. The van der Waals surface area contributed by atoms with E-state index in [4.69, 9.17) is 4.74 Å². The molecule has 0 spiro atoms. The van der Waals surface area contributed by atoms with Crippen LogP contribution in [-0.2, 0) is 25.7 Å². The lowest BCUT2D eigenvalue weighted by Gasteiger charge is -2.38. The topological polar surface area (TPSA) is 160 Å². The van der Waals surface area contributed by atoms with Gasteiger partial charge >= 0.3 is 6.09 Å². The van der Waals surface area contributed by atoms with Crippen molar-refractivity contribution in [1.29, 1.82) is 0 Å². The van der Waals surface area contributed by atoms with Crippen LogP contribution in [0.1, 0.15) is 18.9 Å². The summed E-state index contributed by atoms with van der Waals surface area (Å²) in [4.78, 5) is 58.6. The molecule has 0 radical (unpaired) electrons. The van der Waals surface area contributed by atoms with Crippen molar-refractivity contribution in [1.82, 2.24) is 20.9 Å². The molecule has 1 aliphatic heterocycles. The molecule has 0 saturated carbocycles. The number of rotatable bonds is 9. The van der Waals surface area contributed by atoms with Crippen molar-refractivity contribution in [2.45, 2.75) is 37.0 Å². The average molecular weight is 439 g/mol. The highest BCUT2D eigenvalue weighted by Crippen LogP contribution is 2.20. The lowest BCUT2D eigenvalue weighted by molar-refractivity contribution is -0.384. The van der Waals surface area contributed by atoms with Crippen molar-refractivity contribution in [2.24, 2.45) is 0 Å². The molecule has 12 nitrogen and oxygen atoms in total. The summed E-state index contributed by atoms with van der Waals surface area (Å²) in [5.74, 6) is -2.62.